The third-order valence-corrected chi connectivity index (χ3v) is 3.72. The van der Waals surface area contributed by atoms with Gasteiger partial charge in [0.1, 0.15) is 0 Å². The third-order valence-electron chi connectivity index (χ3n) is 3.20. The minimum atomic E-state index is -0.172. The quantitative estimate of drug-likeness (QED) is 0.634. The number of nitrogens with zero attached hydrogens (tertiary/aromatic N) is 4. The zero-order valence-corrected chi connectivity index (χ0v) is 14.3. The molecule has 0 aliphatic heterocycles. The van der Waals surface area contributed by atoms with Crippen LogP contribution in [0.15, 0.2) is 59.6 Å². The van der Waals surface area contributed by atoms with Crippen molar-refractivity contribution in [3.63, 3.8) is 0 Å². The van der Waals surface area contributed by atoms with Gasteiger partial charge in [-0.05, 0) is 30.3 Å². The first-order chi connectivity index (χ1) is 11.7. The molecule has 0 aliphatic carbocycles. The van der Waals surface area contributed by atoms with Crippen molar-refractivity contribution in [1.29, 1.82) is 0 Å². The number of halogens is 1. The average Bonchev–Trinajstić information content (AvgIpc) is 3.10. The van der Waals surface area contributed by atoms with Crippen LogP contribution < -0.4 is 10.6 Å². The molecule has 2 heterocycles. The number of anilines is 1. The normalized spacial score (nSPS) is 10.4. The SMILES string of the molecule is O=C(NCCNc1ncccn1)c1cnn(-c2ccc(Br)cc2)c1. The van der Waals surface area contributed by atoms with Crippen molar-refractivity contribution in [2.75, 3.05) is 18.4 Å². The molecule has 2 N–H and O–H groups in total. The van der Waals surface area contributed by atoms with E-state index in [1.165, 1.54) is 0 Å². The Balaban J connectivity index is 1.51. The lowest BCUT2D eigenvalue weighted by atomic mass is 10.3. The highest BCUT2D eigenvalue weighted by Crippen LogP contribution is 2.14. The van der Waals surface area contributed by atoms with Crippen molar-refractivity contribution < 1.29 is 4.79 Å². The van der Waals surface area contributed by atoms with Crippen molar-refractivity contribution in [2.45, 2.75) is 0 Å². The number of amides is 1. The predicted octanol–water partition coefficient (Wildman–Crippen LogP) is 2.27. The molecule has 0 aliphatic rings. The lowest BCUT2D eigenvalue weighted by Gasteiger charge is -2.05. The summed E-state index contributed by atoms with van der Waals surface area (Å²) in [5.41, 5.74) is 1.40. The molecular formula is C16H15BrN6O. The predicted molar refractivity (Wildman–Crippen MR) is 94.1 cm³/mol. The summed E-state index contributed by atoms with van der Waals surface area (Å²) in [6, 6.07) is 9.43. The summed E-state index contributed by atoms with van der Waals surface area (Å²) in [6.45, 7) is 0.997. The van der Waals surface area contributed by atoms with Gasteiger partial charge in [-0.3, -0.25) is 4.79 Å². The van der Waals surface area contributed by atoms with E-state index in [0.717, 1.165) is 10.2 Å². The second-order valence-corrected chi connectivity index (χ2v) is 5.82. The van der Waals surface area contributed by atoms with Crippen LogP contribution in [0.5, 0.6) is 0 Å². The summed E-state index contributed by atoms with van der Waals surface area (Å²) in [6.07, 6.45) is 6.56. The molecule has 0 bridgehead atoms. The van der Waals surface area contributed by atoms with E-state index in [1.807, 2.05) is 24.3 Å². The number of carbonyl (C=O) groups excluding carboxylic acids is 1. The molecule has 1 amide bonds. The van der Waals surface area contributed by atoms with Crippen molar-refractivity contribution >= 4 is 27.8 Å². The van der Waals surface area contributed by atoms with E-state index in [9.17, 15) is 4.79 Å². The number of benzene rings is 1. The molecule has 2 aromatic heterocycles. The summed E-state index contributed by atoms with van der Waals surface area (Å²) in [5.74, 6) is 0.365. The van der Waals surface area contributed by atoms with Gasteiger partial charge in [-0.2, -0.15) is 5.10 Å². The van der Waals surface area contributed by atoms with E-state index in [0.29, 0.717) is 24.6 Å². The van der Waals surface area contributed by atoms with E-state index >= 15 is 0 Å². The molecule has 1 aromatic carbocycles. The molecule has 3 rings (SSSR count). The topological polar surface area (TPSA) is 84.7 Å². The van der Waals surface area contributed by atoms with Gasteiger partial charge in [-0.25, -0.2) is 14.6 Å². The minimum Gasteiger partial charge on any atom is -0.352 e. The first kappa shape index (κ1) is 16.1. The van der Waals surface area contributed by atoms with Crippen molar-refractivity contribution in [1.82, 2.24) is 25.1 Å². The molecule has 8 heteroatoms. The van der Waals surface area contributed by atoms with E-state index < -0.39 is 0 Å². The maximum Gasteiger partial charge on any atom is 0.254 e. The fourth-order valence-electron chi connectivity index (χ4n) is 2.02. The van der Waals surface area contributed by atoms with E-state index in [1.54, 1.807) is 35.5 Å². The van der Waals surface area contributed by atoms with E-state index in [-0.39, 0.29) is 5.91 Å². The van der Waals surface area contributed by atoms with Gasteiger partial charge < -0.3 is 10.6 Å². The van der Waals surface area contributed by atoms with E-state index in [2.05, 4.69) is 41.6 Å². The lowest BCUT2D eigenvalue weighted by molar-refractivity contribution is 0.0955. The lowest BCUT2D eigenvalue weighted by Crippen LogP contribution is -2.28. The van der Waals surface area contributed by atoms with Crippen LogP contribution in [0.2, 0.25) is 0 Å². The van der Waals surface area contributed by atoms with Gasteiger partial charge in [0.2, 0.25) is 5.95 Å². The smallest absolute Gasteiger partial charge is 0.254 e. The van der Waals surface area contributed by atoms with Gasteiger partial charge in [-0.1, -0.05) is 15.9 Å². The Hall–Kier alpha value is -2.74. The Labute approximate surface area is 147 Å². The number of rotatable bonds is 6. The van der Waals surface area contributed by atoms with Crippen LogP contribution in [0.25, 0.3) is 5.69 Å². The van der Waals surface area contributed by atoms with Gasteiger partial charge in [0, 0.05) is 36.2 Å². The largest absolute Gasteiger partial charge is 0.352 e. The van der Waals surface area contributed by atoms with Crippen LogP contribution in [-0.4, -0.2) is 38.7 Å². The van der Waals surface area contributed by atoms with Crippen LogP contribution >= 0.6 is 15.9 Å². The number of aromatic nitrogens is 4. The summed E-state index contributed by atoms with van der Waals surface area (Å²) in [5, 5.41) is 10.1. The molecule has 0 atom stereocenters. The van der Waals surface area contributed by atoms with Gasteiger partial charge in [0.05, 0.1) is 17.4 Å². The highest BCUT2D eigenvalue weighted by molar-refractivity contribution is 9.10. The Bertz CT molecular complexity index is 803. The highest BCUT2D eigenvalue weighted by Gasteiger charge is 2.08. The average molecular weight is 387 g/mol. The number of hydrogen-bond donors (Lipinski definition) is 2. The maximum atomic E-state index is 12.1. The zero-order chi connectivity index (χ0) is 16.8. The molecule has 0 saturated heterocycles. The molecule has 3 aromatic rings. The minimum absolute atomic E-state index is 0.172. The number of carbonyl (C=O) groups is 1. The van der Waals surface area contributed by atoms with Gasteiger partial charge in [-0.15, -0.1) is 0 Å². The highest BCUT2D eigenvalue weighted by atomic mass is 79.9. The number of hydrogen-bond acceptors (Lipinski definition) is 5. The molecule has 0 unspecified atom stereocenters. The van der Waals surface area contributed by atoms with Crippen molar-refractivity contribution in [3.8, 4) is 5.69 Å². The molecule has 0 fully saturated rings. The molecule has 24 heavy (non-hydrogen) atoms. The summed E-state index contributed by atoms with van der Waals surface area (Å²) >= 11 is 3.39. The molecule has 0 radical (unpaired) electrons. The second-order valence-electron chi connectivity index (χ2n) is 4.91. The summed E-state index contributed by atoms with van der Waals surface area (Å²) < 4.78 is 2.66. The van der Waals surface area contributed by atoms with Gasteiger partial charge in [0.15, 0.2) is 0 Å². The molecule has 7 nitrogen and oxygen atoms in total. The van der Waals surface area contributed by atoms with Gasteiger partial charge >= 0.3 is 0 Å². The molecular weight excluding hydrogens is 372 g/mol. The fourth-order valence-corrected chi connectivity index (χ4v) is 2.28. The van der Waals surface area contributed by atoms with Crippen LogP contribution in [0.1, 0.15) is 10.4 Å². The fraction of sp³-hybridized carbons (Fsp3) is 0.125. The molecule has 0 saturated carbocycles. The Morgan fingerprint density at radius 3 is 2.62 bits per heavy atom. The Morgan fingerprint density at radius 1 is 1.12 bits per heavy atom. The zero-order valence-electron chi connectivity index (χ0n) is 12.7. The molecule has 0 spiro atoms. The van der Waals surface area contributed by atoms with Crippen LogP contribution in [0.4, 0.5) is 5.95 Å². The number of nitrogens with one attached hydrogen (secondary N) is 2. The Morgan fingerprint density at radius 2 is 1.88 bits per heavy atom. The monoisotopic (exact) mass is 386 g/mol. The first-order valence-electron chi connectivity index (χ1n) is 7.32. The third kappa shape index (κ3) is 4.17. The first-order valence-corrected chi connectivity index (χ1v) is 8.11. The van der Waals surface area contributed by atoms with Crippen LogP contribution in [0, 0.1) is 0 Å². The van der Waals surface area contributed by atoms with Crippen molar-refractivity contribution in [3.05, 3.63) is 65.2 Å². The Kier molecular flexibility index (Phi) is 5.17. The van der Waals surface area contributed by atoms with Gasteiger partial charge in [0.25, 0.3) is 5.91 Å². The van der Waals surface area contributed by atoms with Crippen LogP contribution in [0.3, 0.4) is 0 Å². The van der Waals surface area contributed by atoms with Crippen LogP contribution in [-0.2, 0) is 0 Å². The second kappa shape index (κ2) is 7.69. The standard InChI is InChI=1S/C16H15BrN6O/c17-13-2-4-14(5-3-13)23-11-12(10-22-23)15(24)18-8-9-21-16-19-6-1-7-20-16/h1-7,10-11H,8-9H2,(H,18,24)(H,19,20,21). The van der Waals surface area contributed by atoms with Crippen molar-refractivity contribution in [2.24, 2.45) is 0 Å². The van der Waals surface area contributed by atoms with E-state index in [4.69, 9.17) is 0 Å². The summed E-state index contributed by atoms with van der Waals surface area (Å²) in [4.78, 5) is 20.2. The molecule has 122 valence electrons. The maximum absolute atomic E-state index is 12.1. The summed E-state index contributed by atoms with van der Waals surface area (Å²) in [7, 11) is 0.